The Morgan fingerprint density at radius 1 is 1.15 bits per heavy atom. The number of amides is 2. The van der Waals surface area contributed by atoms with Crippen molar-refractivity contribution in [2.75, 3.05) is 5.32 Å². The summed E-state index contributed by atoms with van der Waals surface area (Å²) < 4.78 is 0. The highest BCUT2D eigenvalue weighted by Gasteiger charge is 2.24. The van der Waals surface area contributed by atoms with E-state index in [9.17, 15) is 14.4 Å². The summed E-state index contributed by atoms with van der Waals surface area (Å²) >= 11 is 0. The summed E-state index contributed by atoms with van der Waals surface area (Å²) in [5.74, 6) is -1.52. The van der Waals surface area contributed by atoms with Crippen molar-refractivity contribution in [1.82, 2.24) is 5.32 Å². The smallest absolute Gasteiger partial charge is 0.305 e. The molecule has 0 fully saturated rings. The van der Waals surface area contributed by atoms with Gasteiger partial charge in [-0.25, -0.2) is 0 Å². The van der Waals surface area contributed by atoms with Crippen LogP contribution in [0.3, 0.4) is 0 Å². The van der Waals surface area contributed by atoms with Crippen LogP contribution in [0.2, 0.25) is 0 Å². The van der Waals surface area contributed by atoms with E-state index in [0.29, 0.717) is 11.3 Å². The number of benzene rings is 1. The molecular weight excluding hydrogens is 260 g/mol. The van der Waals surface area contributed by atoms with Gasteiger partial charge in [-0.05, 0) is 38.1 Å². The highest BCUT2D eigenvalue weighted by atomic mass is 16.4. The number of nitrogens with one attached hydrogen (secondary N) is 2. The van der Waals surface area contributed by atoms with Crippen molar-refractivity contribution in [3.05, 3.63) is 29.8 Å². The molecule has 2 amide bonds. The predicted molar refractivity (Wildman–Crippen MR) is 74.5 cm³/mol. The van der Waals surface area contributed by atoms with E-state index in [-0.39, 0.29) is 18.2 Å². The lowest BCUT2D eigenvalue weighted by atomic mass is 10.00. The van der Waals surface area contributed by atoms with Gasteiger partial charge in [-0.2, -0.15) is 0 Å². The normalized spacial score (nSPS) is 10.8. The molecule has 1 aromatic carbocycles. The summed E-state index contributed by atoms with van der Waals surface area (Å²) in [5, 5.41) is 14.0. The van der Waals surface area contributed by atoms with Crippen LogP contribution in [0, 0.1) is 0 Å². The fourth-order valence-electron chi connectivity index (χ4n) is 1.71. The molecule has 0 aliphatic rings. The van der Waals surface area contributed by atoms with Gasteiger partial charge >= 0.3 is 5.97 Å². The standard InChI is InChI=1S/C14H18N2O4/c1-9(17)15-11-6-4-10(5-7-11)13(20)16-14(2,3)8-12(18)19/h4-7H,8H2,1-3H3,(H,15,17)(H,16,20)(H,18,19). The van der Waals surface area contributed by atoms with Crippen LogP contribution in [0.5, 0.6) is 0 Å². The minimum atomic E-state index is -0.976. The molecule has 0 saturated carbocycles. The van der Waals surface area contributed by atoms with E-state index in [1.54, 1.807) is 38.1 Å². The van der Waals surface area contributed by atoms with Crippen LogP contribution < -0.4 is 10.6 Å². The van der Waals surface area contributed by atoms with E-state index in [2.05, 4.69) is 10.6 Å². The lowest BCUT2D eigenvalue weighted by molar-refractivity contribution is -0.138. The van der Waals surface area contributed by atoms with Crippen LogP contribution in [0.15, 0.2) is 24.3 Å². The number of carboxylic acids is 1. The summed E-state index contributed by atoms with van der Waals surface area (Å²) in [4.78, 5) is 33.5. The highest BCUT2D eigenvalue weighted by molar-refractivity contribution is 5.96. The second-order valence-electron chi connectivity index (χ2n) is 5.17. The van der Waals surface area contributed by atoms with Gasteiger partial charge < -0.3 is 15.7 Å². The first-order chi connectivity index (χ1) is 9.19. The molecule has 0 unspecified atom stereocenters. The Kier molecular flexibility index (Phi) is 4.85. The summed E-state index contributed by atoms with van der Waals surface area (Å²) in [6, 6.07) is 6.36. The van der Waals surface area contributed by atoms with E-state index in [1.165, 1.54) is 6.92 Å². The third kappa shape index (κ3) is 5.09. The van der Waals surface area contributed by atoms with Crippen LogP contribution in [0.1, 0.15) is 37.6 Å². The van der Waals surface area contributed by atoms with Crippen molar-refractivity contribution in [3.63, 3.8) is 0 Å². The number of carbonyl (C=O) groups excluding carboxylic acids is 2. The first-order valence-electron chi connectivity index (χ1n) is 6.11. The lowest BCUT2D eigenvalue weighted by Crippen LogP contribution is -2.44. The predicted octanol–water partition coefficient (Wildman–Crippen LogP) is 1.63. The molecule has 0 aromatic heterocycles. The molecular formula is C14H18N2O4. The molecule has 0 saturated heterocycles. The van der Waals surface area contributed by atoms with E-state index in [4.69, 9.17) is 5.11 Å². The molecule has 0 atom stereocenters. The van der Waals surface area contributed by atoms with Gasteiger partial charge in [0.05, 0.1) is 6.42 Å². The fraction of sp³-hybridized carbons (Fsp3) is 0.357. The first kappa shape index (κ1) is 15.7. The Bertz CT molecular complexity index is 520. The summed E-state index contributed by atoms with van der Waals surface area (Å²) in [6.07, 6.45) is -0.164. The number of carboxylic acid groups (broad SMARTS) is 1. The zero-order chi connectivity index (χ0) is 15.3. The average Bonchev–Trinajstić information content (AvgIpc) is 2.26. The van der Waals surface area contributed by atoms with Gasteiger partial charge in [0, 0.05) is 23.7 Å². The van der Waals surface area contributed by atoms with Crippen LogP contribution in [-0.4, -0.2) is 28.4 Å². The fourth-order valence-corrected chi connectivity index (χ4v) is 1.71. The number of anilines is 1. The zero-order valence-corrected chi connectivity index (χ0v) is 11.7. The van der Waals surface area contributed by atoms with E-state index in [0.717, 1.165) is 0 Å². The Morgan fingerprint density at radius 2 is 1.70 bits per heavy atom. The summed E-state index contributed by atoms with van der Waals surface area (Å²) in [5.41, 5.74) is 0.163. The van der Waals surface area contributed by atoms with Gasteiger partial charge in [0.1, 0.15) is 0 Å². The van der Waals surface area contributed by atoms with Gasteiger partial charge in [-0.3, -0.25) is 14.4 Å². The molecule has 0 spiro atoms. The minimum Gasteiger partial charge on any atom is -0.481 e. The van der Waals surface area contributed by atoms with Gasteiger partial charge in [0.25, 0.3) is 5.91 Å². The number of rotatable bonds is 5. The van der Waals surface area contributed by atoms with Crippen LogP contribution in [-0.2, 0) is 9.59 Å². The van der Waals surface area contributed by atoms with E-state index < -0.39 is 11.5 Å². The second kappa shape index (κ2) is 6.18. The lowest BCUT2D eigenvalue weighted by Gasteiger charge is -2.24. The summed E-state index contributed by atoms with van der Waals surface area (Å²) in [7, 11) is 0. The first-order valence-corrected chi connectivity index (χ1v) is 6.11. The molecule has 6 heteroatoms. The molecule has 0 aliphatic heterocycles. The van der Waals surface area contributed by atoms with Crippen LogP contribution in [0.25, 0.3) is 0 Å². The zero-order valence-electron chi connectivity index (χ0n) is 11.7. The van der Waals surface area contributed by atoms with Gasteiger partial charge in [0.2, 0.25) is 5.91 Å². The largest absolute Gasteiger partial charge is 0.481 e. The second-order valence-corrected chi connectivity index (χ2v) is 5.17. The third-order valence-electron chi connectivity index (χ3n) is 2.51. The quantitative estimate of drug-likeness (QED) is 0.762. The molecule has 1 aromatic rings. The highest BCUT2D eigenvalue weighted by Crippen LogP contribution is 2.13. The topological polar surface area (TPSA) is 95.5 Å². The van der Waals surface area contributed by atoms with Crippen molar-refractivity contribution < 1.29 is 19.5 Å². The molecule has 0 heterocycles. The summed E-state index contributed by atoms with van der Waals surface area (Å²) in [6.45, 7) is 4.68. The van der Waals surface area contributed by atoms with Gasteiger partial charge in [0.15, 0.2) is 0 Å². The van der Waals surface area contributed by atoms with E-state index >= 15 is 0 Å². The number of hydrogen-bond acceptors (Lipinski definition) is 3. The van der Waals surface area contributed by atoms with Crippen LogP contribution >= 0.6 is 0 Å². The van der Waals surface area contributed by atoms with Gasteiger partial charge in [-0.15, -0.1) is 0 Å². The van der Waals surface area contributed by atoms with Crippen molar-refractivity contribution in [3.8, 4) is 0 Å². The van der Waals surface area contributed by atoms with E-state index in [1.807, 2.05) is 0 Å². The Balaban J connectivity index is 2.73. The Hall–Kier alpha value is -2.37. The van der Waals surface area contributed by atoms with Crippen LogP contribution in [0.4, 0.5) is 5.69 Å². The molecule has 1 rings (SSSR count). The molecule has 6 nitrogen and oxygen atoms in total. The third-order valence-corrected chi connectivity index (χ3v) is 2.51. The Labute approximate surface area is 117 Å². The van der Waals surface area contributed by atoms with Crippen molar-refractivity contribution in [2.45, 2.75) is 32.7 Å². The van der Waals surface area contributed by atoms with Crippen molar-refractivity contribution in [1.29, 1.82) is 0 Å². The number of hydrogen-bond donors (Lipinski definition) is 3. The number of aliphatic carboxylic acids is 1. The monoisotopic (exact) mass is 278 g/mol. The molecule has 20 heavy (non-hydrogen) atoms. The SMILES string of the molecule is CC(=O)Nc1ccc(C(=O)NC(C)(C)CC(=O)O)cc1. The average molecular weight is 278 g/mol. The van der Waals surface area contributed by atoms with Crippen molar-refractivity contribution in [2.24, 2.45) is 0 Å². The molecule has 108 valence electrons. The minimum absolute atomic E-state index is 0.164. The maximum Gasteiger partial charge on any atom is 0.305 e. The molecule has 0 bridgehead atoms. The molecule has 3 N–H and O–H groups in total. The Morgan fingerprint density at radius 3 is 2.15 bits per heavy atom. The maximum absolute atomic E-state index is 12.0. The van der Waals surface area contributed by atoms with Crippen molar-refractivity contribution >= 4 is 23.5 Å². The maximum atomic E-state index is 12.0. The van der Waals surface area contributed by atoms with Gasteiger partial charge in [-0.1, -0.05) is 0 Å². The molecule has 0 radical (unpaired) electrons. The number of carbonyl (C=O) groups is 3. The molecule has 0 aliphatic carbocycles.